The van der Waals surface area contributed by atoms with Gasteiger partial charge in [0.1, 0.15) is 0 Å². The summed E-state index contributed by atoms with van der Waals surface area (Å²) in [5.74, 6) is -0.291. The molecule has 108 valence electrons. The molecule has 19 heavy (non-hydrogen) atoms. The van der Waals surface area contributed by atoms with Crippen LogP contribution in [0.5, 0.6) is 0 Å². The van der Waals surface area contributed by atoms with Crippen LogP contribution in [0.15, 0.2) is 0 Å². The fourth-order valence-corrected chi connectivity index (χ4v) is 3.16. The Balaban J connectivity index is 1.93. The summed E-state index contributed by atoms with van der Waals surface area (Å²) in [6.07, 6.45) is 5.83. The summed E-state index contributed by atoms with van der Waals surface area (Å²) in [7, 11) is 0. The lowest BCUT2D eigenvalue weighted by Crippen LogP contribution is -2.56. The number of carbonyl (C=O) groups is 2. The molecule has 0 aromatic carbocycles. The van der Waals surface area contributed by atoms with Crippen molar-refractivity contribution in [1.29, 1.82) is 0 Å². The fourth-order valence-electron chi connectivity index (χ4n) is 3.16. The zero-order valence-electron chi connectivity index (χ0n) is 11.8. The lowest BCUT2D eigenvalue weighted by molar-refractivity contribution is -0.138. The molecule has 0 aromatic rings. The summed E-state index contributed by atoms with van der Waals surface area (Å²) in [5, 5.41) is 14.9. The Morgan fingerprint density at radius 2 is 1.84 bits per heavy atom. The smallest absolute Gasteiger partial charge is 0.315 e. The molecule has 3 N–H and O–H groups in total. The van der Waals surface area contributed by atoms with Gasteiger partial charge in [0.2, 0.25) is 0 Å². The number of carboxylic acid groups (broad SMARTS) is 1. The van der Waals surface area contributed by atoms with Crippen LogP contribution in [0.3, 0.4) is 0 Å². The molecule has 0 aliphatic heterocycles. The van der Waals surface area contributed by atoms with Crippen LogP contribution >= 0.6 is 0 Å². The van der Waals surface area contributed by atoms with Gasteiger partial charge in [0, 0.05) is 5.54 Å². The van der Waals surface area contributed by atoms with Gasteiger partial charge in [0.25, 0.3) is 0 Å². The van der Waals surface area contributed by atoms with Gasteiger partial charge in [-0.1, -0.05) is 12.8 Å². The van der Waals surface area contributed by atoms with Crippen molar-refractivity contribution in [1.82, 2.24) is 10.6 Å². The van der Waals surface area contributed by atoms with Crippen molar-refractivity contribution >= 4 is 12.0 Å². The Bertz CT molecular complexity index is 369. The minimum atomic E-state index is -0.844. The first-order valence-electron chi connectivity index (χ1n) is 7.15. The lowest BCUT2D eigenvalue weighted by atomic mass is 9.93. The molecule has 2 saturated carbocycles. The molecule has 0 saturated heterocycles. The molecule has 0 aromatic heterocycles. The molecule has 0 atom stereocenters. The summed E-state index contributed by atoms with van der Waals surface area (Å²) in [5.41, 5.74) is -0.747. The Morgan fingerprint density at radius 1 is 1.26 bits per heavy atom. The number of carbonyl (C=O) groups excluding carboxylic acids is 1. The van der Waals surface area contributed by atoms with Crippen LogP contribution in [-0.4, -0.2) is 28.2 Å². The monoisotopic (exact) mass is 268 g/mol. The Morgan fingerprint density at radius 3 is 2.32 bits per heavy atom. The lowest BCUT2D eigenvalue weighted by Gasteiger charge is -2.32. The van der Waals surface area contributed by atoms with Crippen LogP contribution < -0.4 is 10.6 Å². The minimum absolute atomic E-state index is 0.0181. The second kappa shape index (κ2) is 5.02. The quantitative estimate of drug-likeness (QED) is 0.715. The molecular formula is C14H24N2O3. The van der Waals surface area contributed by atoms with Crippen LogP contribution in [0, 0.1) is 5.92 Å². The molecule has 2 fully saturated rings. The fraction of sp³-hybridized carbons (Fsp3) is 0.857. The van der Waals surface area contributed by atoms with Crippen molar-refractivity contribution in [2.24, 2.45) is 5.92 Å². The standard InChI is InChI=1S/C14H24N2O3/c1-13(2,10-5-6-10)15-12(19)16-14(9-11(17)18)7-3-4-8-14/h10H,3-9H2,1-2H3,(H,17,18)(H2,15,16,19). The molecule has 2 aliphatic rings. The van der Waals surface area contributed by atoms with Gasteiger partial charge in [0.05, 0.1) is 12.0 Å². The molecule has 0 bridgehead atoms. The average Bonchev–Trinajstić information content (AvgIpc) is 3.01. The van der Waals surface area contributed by atoms with Crippen LogP contribution in [0.1, 0.15) is 58.8 Å². The van der Waals surface area contributed by atoms with Gasteiger partial charge in [-0.15, -0.1) is 0 Å². The first-order valence-corrected chi connectivity index (χ1v) is 7.15. The van der Waals surface area contributed by atoms with E-state index in [0.29, 0.717) is 5.92 Å². The molecule has 0 spiro atoms. The van der Waals surface area contributed by atoms with Gasteiger partial charge in [-0.05, 0) is 45.4 Å². The van der Waals surface area contributed by atoms with Crippen LogP contribution in [0.2, 0.25) is 0 Å². The first kappa shape index (κ1) is 14.2. The third-order valence-corrected chi connectivity index (χ3v) is 4.46. The summed E-state index contributed by atoms with van der Waals surface area (Å²) >= 11 is 0. The van der Waals surface area contributed by atoms with E-state index in [2.05, 4.69) is 10.6 Å². The van der Waals surface area contributed by atoms with E-state index in [-0.39, 0.29) is 18.0 Å². The summed E-state index contributed by atoms with van der Waals surface area (Å²) < 4.78 is 0. The highest BCUT2D eigenvalue weighted by molar-refractivity contribution is 5.77. The van der Waals surface area contributed by atoms with E-state index in [9.17, 15) is 9.59 Å². The van der Waals surface area contributed by atoms with Crippen molar-refractivity contribution < 1.29 is 14.7 Å². The molecule has 2 rings (SSSR count). The number of amides is 2. The van der Waals surface area contributed by atoms with Gasteiger partial charge < -0.3 is 15.7 Å². The molecule has 0 heterocycles. The van der Waals surface area contributed by atoms with E-state index in [1.54, 1.807) is 0 Å². The third-order valence-electron chi connectivity index (χ3n) is 4.46. The number of carboxylic acids is 1. The zero-order chi connectivity index (χ0) is 14.1. The van der Waals surface area contributed by atoms with Gasteiger partial charge in [0.15, 0.2) is 0 Å². The number of aliphatic carboxylic acids is 1. The second-order valence-corrected chi connectivity index (χ2v) is 6.63. The second-order valence-electron chi connectivity index (χ2n) is 6.63. The van der Waals surface area contributed by atoms with E-state index in [1.165, 1.54) is 0 Å². The number of hydrogen-bond acceptors (Lipinski definition) is 2. The Kier molecular flexibility index (Phi) is 3.74. The molecule has 5 heteroatoms. The Hall–Kier alpha value is -1.26. The highest BCUT2D eigenvalue weighted by Gasteiger charge is 2.41. The van der Waals surface area contributed by atoms with E-state index in [0.717, 1.165) is 38.5 Å². The predicted molar refractivity (Wildman–Crippen MR) is 71.9 cm³/mol. The molecule has 0 unspecified atom stereocenters. The summed E-state index contributed by atoms with van der Waals surface area (Å²) in [4.78, 5) is 23.1. The summed E-state index contributed by atoms with van der Waals surface area (Å²) in [6.45, 7) is 4.06. The number of hydrogen-bond donors (Lipinski definition) is 3. The van der Waals surface area contributed by atoms with Crippen LogP contribution in [0.25, 0.3) is 0 Å². The molecular weight excluding hydrogens is 244 g/mol. The number of urea groups is 1. The first-order chi connectivity index (χ1) is 8.83. The van der Waals surface area contributed by atoms with Crippen molar-refractivity contribution in [3.05, 3.63) is 0 Å². The predicted octanol–water partition coefficient (Wildman–Crippen LogP) is 2.26. The topological polar surface area (TPSA) is 78.4 Å². The molecule has 0 radical (unpaired) electrons. The maximum atomic E-state index is 12.1. The van der Waals surface area contributed by atoms with Gasteiger partial charge >= 0.3 is 12.0 Å². The molecule has 2 aliphatic carbocycles. The normalized spacial score (nSPS) is 22.0. The highest BCUT2D eigenvalue weighted by Crippen LogP contribution is 2.39. The van der Waals surface area contributed by atoms with Gasteiger partial charge in [-0.2, -0.15) is 0 Å². The zero-order valence-corrected chi connectivity index (χ0v) is 11.8. The van der Waals surface area contributed by atoms with E-state index < -0.39 is 11.5 Å². The van der Waals surface area contributed by atoms with Crippen molar-refractivity contribution in [2.75, 3.05) is 0 Å². The number of rotatable bonds is 5. The third kappa shape index (κ3) is 3.61. The van der Waals surface area contributed by atoms with E-state index in [1.807, 2.05) is 13.8 Å². The van der Waals surface area contributed by atoms with Crippen LogP contribution in [-0.2, 0) is 4.79 Å². The molecule has 2 amide bonds. The largest absolute Gasteiger partial charge is 0.481 e. The maximum absolute atomic E-state index is 12.1. The SMILES string of the molecule is CC(C)(NC(=O)NC1(CC(=O)O)CCCC1)C1CC1. The average molecular weight is 268 g/mol. The van der Waals surface area contributed by atoms with Gasteiger partial charge in [-0.3, -0.25) is 4.79 Å². The van der Waals surface area contributed by atoms with Gasteiger partial charge in [-0.25, -0.2) is 4.79 Å². The van der Waals surface area contributed by atoms with Crippen molar-refractivity contribution in [2.45, 2.75) is 69.9 Å². The minimum Gasteiger partial charge on any atom is -0.481 e. The number of nitrogens with one attached hydrogen (secondary N) is 2. The Labute approximate surface area is 114 Å². The highest BCUT2D eigenvalue weighted by atomic mass is 16.4. The van der Waals surface area contributed by atoms with E-state index in [4.69, 9.17) is 5.11 Å². The maximum Gasteiger partial charge on any atom is 0.315 e. The van der Waals surface area contributed by atoms with E-state index >= 15 is 0 Å². The van der Waals surface area contributed by atoms with Crippen molar-refractivity contribution in [3.8, 4) is 0 Å². The van der Waals surface area contributed by atoms with Crippen molar-refractivity contribution in [3.63, 3.8) is 0 Å². The molecule has 5 nitrogen and oxygen atoms in total. The summed E-state index contributed by atoms with van der Waals surface area (Å²) in [6, 6.07) is -0.222. The van der Waals surface area contributed by atoms with Crippen LogP contribution in [0.4, 0.5) is 4.79 Å².